The van der Waals surface area contributed by atoms with Gasteiger partial charge < -0.3 is 4.74 Å². The Morgan fingerprint density at radius 1 is 0.953 bits per heavy atom. The molecule has 0 N–H and O–H groups in total. The van der Waals surface area contributed by atoms with Crippen molar-refractivity contribution in [1.29, 1.82) is 0 Å². The molecule has 0 amide bonds. The van der Waals surface area contributed by atoms with Gasteiger partial charge in [0.05, 0.1) is 5.56 Å². The Labute approximate surface area is 260 Å². The van der Waals surface area contributed by atoms with Crippen molar-refractivity contribution in [2.45, 2.75) is 56.1 Å². The number of ether oxygens (including phenoxy) is 1. The van der Waals surface area contributed by atoms with Crippen molar-refractivity contribution in [3.05, 3.63) is 90.1 Å². The van der Waals surface area contributed by atoms with Gasteiger partial charge in [0.1, 0.15) is 11.6 Å². The molecule has 1 aliphatic heterocycles. The summed E-state index contributed by atoms with van der Waals surface area (Å²) in [5, 5.41) is 0. The molecule has 1 atom stereocenters. The number of piperidine rings is 1. The van der Waals surface area contributed by atoms with Crippen molar-refractivity contribution in [2.24, 2.45) is 0 Å². The van der Waals surface area contributed by atoms with Crippen LogP contribution >= 0.6 is 0 Å². The summed E-state index contributed by atoms with van der Waals surface area (Å²) < 4.78 is 67.5. The molecule has 43 heavy (non-hydrogen) atoms. The molecule has 1 fully saturated rings. The summed E-state index contributed by atoms with van der Waals surface area (Å²) in [6, 6.07) is 17.7. The van der Waals surface area contributed by atoms with E-state index >= 15 is 0 Å². The molecule has 0 saturated carbocycles. The number of rotatable bonds is 11. The van der Waals surface area contributed by atoms with Crippen LogP contribution in [0.15, 0.2) is 72.9 Å². The van der Waals surface area contributed by atoms with Crippen LogP contribution in [0.5, 0.6) is 17.2 Å². The van der Waals surface area contributed by atoms with Gasteiger partial charge in [-0.2, -0.15) is 13.2 Å². The molecule has 5 nitrogen and oxygen atoms in total. The predicted octanol–water partition coefficient (Wildman–Crippen LogP) is 5.70. The number of benzene rings is 3. The number of likely N-dealkylation sites (tertiary alicyclic amines) is 1. The van der Waals surface area contributed by atoms with Gasteiger partial charge in [0, 0.05) is 0 Å². The molecule has 10 heteroatoms. The quantitative estimate of drug-likeness (QED) is 0.114. The molecule has 1 saturated heterocycles. The zero-order chi connectivity index (χ0) is 30.4. The Morgan fingerprint density at radius 3 is 2.37 bits per heavy atom. The molecule has 0 unspecified atom stereocenters. The molecule has 0 bridgehead atoms. The van der Waals surface area contributed by atoms with Crippen LogP contribution in [0.2, 0.25) is 0 Å². The van der Waals surface area contributed by atoms with Crippen LogP contribution in [0, 0.1) is 5.82 Å². The minimum absolute atomic E-state index is 0.0914. The van der Waals surface area contributed by atoms with Crippen LogP contribution in [0.3, 0.4) is 0 Å². The summed E-state index contributed by atoms with van der Waals surface area (Å²) >= 11 is -0.379. The Balaban J connectivity index is 1.29. The summed E-state index contributed by atoms with van der Waals surface area (Å²) in [6.45, 7) is 7.78. The van der Waals surface area contributed by atoms with Gasteiger partial charge in [0.15, 0.2) is 0 Å². The van der Waals surface area contributed by atoms with E-state index in [4.69, 9.17) is 12.8 Å². The van der Waals surface area contributed by atoms with Gasteiger partial charge in [-0.3, -0.25) is 0 Å². The monoisotopic (exact) mass is 708 g/mol. The Hall–Kier alpha value is -3.12. The first-order valence-electron chi connectivity index (χ1n) is 14.6. The molecular weight excluding hydrogens is 673 g/mol. The number of hydrogen-bond donors (Lipinski definition) is 0. The fraction of sp³-hybridized carbons (Fsp3) is 0.364. The summed E-state index contributed by atoms with van der Waals surface area (Å²) in [4.78, 5) is 7.45. The molecule has 0 spiro atoms. The first-order valence-corrected chi connectivity index (χ1v) is 16.7. The molecule has 1 aromatic heterocycles. The Morgan fingerprint density at radius 2 is 1.67 bits per heavy atom. The van der Waals surface area contributed by atoms with Gasteiger partial charge in [-0.15, -0.1) is 0 Å². The van der Waals surface area contributed by atoms with E-state index < -0.39 is 17.6 Å². The molecule has 0 aliphatic carbocycles. The summed E-state index contributed by atoms with van der Waals surface area (Å²) in [6.07, 6.45) is 2.50. The normalized spacial score (nSPS) is 16.0. The van der Waals surface area contributed by atoms with Crippen molar-refractivity contribution in [3.63, 3.8) is 0 Å². The number of halogens is 5. The second kappa shape index (κ2) is 14.1. The van der Waals surface area contributed by atoms with E-state index in [1.165, 1.54) is 25.5 Å². The van der Waals surface area contributed by atoms with E-state index in [-0.39, 0.29) is 27.4 Å². The van der Waals surface area contributed by atoms with Crippen molar-refractivity contribution < 1.29 is 47.0 Å². The third-order valence-corrected chi connectivity index (χ3v) is 9.93. The maximum absolute atomic E-state index is 13.7. The van der Waals surface area contributed by atoms with Crippen LogP contribution in [-0.2, 0) is 12.6 Å². The summed E-state index contributed by atoms with van der Waals surface area (Å²) in [5.41, 5.74) is 1.34. The first kappa shape index (κ1) is 31.3. The maximum atomic E-state index is 13.7. The van der Waals surface area contributed by atoms with Gasteiger partial charge in [0.25, 0.3) is 0 Å². The topological polar surface area (TPSA) is 39.5 Å². The van der Waals surface area contributed by atoms with E-state index in [9.17, 15) is 17.6 Å². The summed E-state index contributed by atoms with van der Waals surface area (Å²) in [5.74, 6) is 0.731. The van der Waals surface area contributed by atoms with Gasteiger partial charge >= 0.3 is 204 Å². The van der Waals surface area contributed by atoms with Gasteiger partial charge in [0.2, 0.25) is 0 Å². The molecule has 0 radical (unpaired) electrons. The standard InChI is InChI=1S/C33H35F4IN3O2/c1-3-5-8-32-39-31(23-9-13-27(14-10-23)43-38-24-7-6-19-40(4-2)21-24)22-41(32)25-11-15-26(16-12-25)42-28-17-18-30(34)29(20-28)33(35,36)37/h9-18,20,22,24H,3-8,19,21H2,1-2H3/q-1/t24-/m1/s1. The van der Waals surface area contributed by atoms with Gasteiger partial charge in [-0.1, -0.05) is 0 Å². The number of nitrogens with zero attached hydrogens (tertiary/aromatic N) is 3. The van der Waals surface area contributed by atoms with Crippen LogP contribution in [0.25, 0.3) is 16.9 Å². The number of aryl methyl sites for hydroxylation is 1. The van der Waals surface area contributed by atoms with Crippen LogP contribution in [-0.4, -0.2) is 38.0 Å². The second-order valence-corrected chi connectivity index (χ2v) is 13.3. The van der Waals surface area contributed by atoms with E-state index in [2.05, 4.69) is 18.7 Å². The van der Waals surface area contributed by atoms with E-state index in [1.54, 1.807) is 12.1 Å². The van der Waals surface area contributed by atoms with Gasteiger partial charge in [-0.25, -0.2) is 4.39 Å². The van der Waals surface area contributed by atoms with Crippen LogP contribution < -0.4 is 29.4 Å². The summed E-state index contributed by atoms with van der Waals surface area (Å²) in [7, 11) is 0. The van der Waals surface area contributed by atoms with Crippen molar-refractivity contribution in [2.75, 3.05) is 19.6 Å². The number of alkyl halides is 4. The minimum atomic E-state index is -4.80. The van der Waals surface area contributed by atoms with Crippen LogP contribution in [0.4, 0.5) is 17.6 Å². The average molecular weight is 709 g/mol. The number of imidazole rings is 1. The van der Waals surface area contributed by atoms with Crippen LogP contribution in [0.1, 0.15) is 50.9 Å². The fourth-order valence-electron chi connectivity index (χ4n) is 5.04. The van der Waals surface area contributed by atoms with E-state index in [0.717, 1.165) is 66.9 Å². The van der Waals surface area contributed by atoms with Gasteiger partial charge in [-0.05, 0) is 18.2 Å². The van der Waals surface area contributed by atoms with Crippen molar-refractivity contribution >= 4 is 0 Å². The van der Waals surface area contributed by atoms with Crippen molar-refractivity contribution in [1.82, 2.24) is 14.5 Å². The fourth-order valence-corrected chi connectivity index (χ4v) is 7.40. The predicted molar refractivity (Wildman–Crippen MR) is 155 cm³/mol. The van der Waals surface area contributed by atoms with E-state index in [0.29, 0.717) is 15.7 Å². The van der Waals surface area contributed by atoms with Crippen molar-refractivity contribution in [3.8, 4) is 34.2 Å². The zero-order valence-corrected chi connectivity index (χ0v) is 26.4. The third kappa shape index (κ3) is 8.08. The third-order valence-electron chi connectivity index (χ3n) is 7.43. The molecule has 4 aromatic rings. The molecular formula is C33H35F4IN3O2-. The molecule has 5 rings (SSSR count). The molecule has 3 aromatic carbocycles. The molecule has 2 heterocycles. The van der Waals surface area contributed by atoms with E-state index in [1.807, 2.05) is 47.2 Å². The SMILES string of the molecule is CCCCc1nc(-c2ccc(O[I-][C@@H]3CCCN(CC)C3)cc2)cn1-c1ccc(Oc2ccc(F)c(C(F)(F)F)c2)cc1. The average Bonchev–Trinajstić information content (AvgIpc) is 3.44. The zero-order valence-electron chi connectivity index (χ0n) is 24.2. The molecule has 1 aliphatic rings. The number of aromatic nitrogens is 2. The Kier molecular flexibility index (Phi) is 10.3. The molecule has 230 valence electrons. The number of hydrogen-bond acceptors (Lipinski definition) is 4. The Bertz CT molecular complexity index is 1490. The second-order valence-electron chi connectivity index (χ2n) is 10.6. The number of unbranched alkanes of at least 4 members (excludes halogenated alkanes) is 1. The first-order chi connectivity index (χ1) is 20.7.